The molecule has 0 fully saturated rings. The highest BCUT2D eigenvalue weighted by atomic mass is 32.2. The van der Waals surface area contributed by atoms with Crippen LogP contribution in [-0.2, 0) is 10.0 Å². The first-order valence-corrected chi connectivity index (χ1v) is 10.3. The SMILES string of the molecule is CCN(CCCNC1CCCN(C)c2ccccc21)S(C)(=O)=O. The third-order valence-corrected chi connectivity index (χ3v) is 5.89. The molecule has 1 aromatic carbocycles. The van der Waals surface area contributed by atoms with Gasteiger partial charge < -0.3 is 10.2 Å². The van der Waals surface area contributed by atoms with Crippen molar-refractivity contribution in [2.75, 3.05) is 44.4 Å². The van der Waals surface area contributed by atoms with E-state index >= 15 is 0 Å². The number of sulfonamides is 1. The number of hydrogen-bond acceptors (Lipinski definition) is 4. The van der Waals surface area contributed by atoms with Gasteiger partial charge in [-0.05, 0) is 37.4 Å². The Hall–Kier alpha value is -1.11. The molecule has 0 bridgehead atoms. The Labute approximate surface area is 140 Å². The van der Waals surface area contributed by atoms with Gasteiger partial charge in [0.25, 0.3) is 0 Å². The number of anilines is 1. The molecule has 5 nitrogen and oxygen atoms in total. The highest BCUT2D eigenvalue weighted by Gasteiger charge is 2.20. The molecule has 1 atom stereocenters. The topological polar surface area (TPSA) is 52.6 Å². The molecule has 0 amide bonds. The smallest absolute Gasteiger partial charge is 0.211 e. The molecule has 1 aliphatic heterocycles. The van der Waals surface area contributed by atoms with Gasteiger partial charge in [0.1, 0.15) is 0 Å². The highest BCUT2D eigenvalue weighted by Crippen LogP contribution is 2.31. The second kappa shape index (κ2) is 8.13. The molecule has 1 aliphatic rings. The monoisotopic (exact) mass is 339 g/mol. The third-order valence-electron chi connectivity index (χ3n) is 4.51. The Morgan fingerprint density at radius 2 is 2.09 bits per heavy atom. The Kier molecular flexibility index (Phi) is 6.44. The van der Waals surface area contributed by atoms with Crippen LogP contribution in [-0.4, -0.2) is 52.2 Å². The molecule has 0 saturated heterocycles. The van der Waals surface area contributed by atoms with Gasteiger partial charge in [-0.2, -0.15) is 0 Å². The molecule has 1 N–H and O–H groups in total. The van der Waals surface area contributed by atoms with Crippen molar-refractivity contribution in [3.05, 3.63) is 29.8 Å². The summed E-state index contributed by atoms with van der Waals surface area (Å²) in [6.45, 7) is 4.90. The van der Waals surface area contributed by atoms with E-state index in [9.17, 15) is 8.42 Å². The number of rotatable bonds is 7. The second-order valence-electron chi connectivity index (χ2n) is 6.24. The van der Waals surface area contributed by atoms with Gasteiger partial charge in [0.2, 0.25) is 10.0 Å². The van der Waals surface area contributed by atoms with E-state index in [1.165, 1.54) is 21.8 Å². The summed E-state index contributed by atoms with van der Waals surface area (Å²) in [7, 11) is -0.938. The van der Waals surface area contributed by atoms with Gasteiger partial charge in [-0.3, -0.25) is 0 Å². The fourth-order valence-electron chi connectivity index (χ4n) is 3.24. The number of hydrogen-bond donors (Lipinski definition) is 1. The van der Waals surface area contributed by atoms with Crippen LogP contribution >= 0.6 is 0 Å². The maximum Gasteiger partial charge on any atom is 0.211 e. The van der Waals surface area contributed by atoms with Gasteiger partial charge in [-0.1, -0.05) is 25.1 Å². The quantitative estimate of drug-likeness (QED) is 0.774. The predicted octanol–water partition coefficient (Wildman–Crippen LogP) is 2.22. The van der Waals surface area contributed by atoms with Gasteiger partial charge >= 0.3 is 0 Å². The number of benzene rings is 1. The van der Waals surface area contributed by atoms with Gasteiger partial charge in [0, 0.05) is 38.4 Å². The van der Waals surface area contributed by atoms with Crippen molar-refractivity contribution in [1.29, 1.82) is 0 Å². The summed E-state index contributed by atoms with van der Waals surface area (Å²) in [5.74, 6) is 0. The summed E-state index contributed by atoms with van der Waals surface area (Å²) in [5.41, 5.74) is 2.65. The molecule has 23 heavy (non-hydrogen) atoms. The number of nitrogens with one attached hydrogen (secondary N) is 1. The fourth-order valence-corrected chi connectivity index (χ4v) is 4.17. The van der Waals surface area contributed by atoms with Crippen LogP contribution in [0.1, 0.15) is 37.8 Å². The van der Waals surface area contributed by atoms with Crippen LogP contribution in [0.25, 0.3) is 0 Å². The Balaban J connectivity index is 1.92. The fraction of sp³-hybridized carbons (Fsp3) is 0.647. The van der Waals surface area contributed by atoms with Crippen molar-refractivity contribution < 1.29 is 8.42 Å². The van der Waals surface area contributed by atoms with E-state index in [0.717, 1.165) is 32.4 Å². The average Bonchev–Trinajstić information content (AvgIpc) is 2.66. The highest BCUT2D eigenvalue weighted by molar-refractivity contribution is 7.88. The summed E-state index contributed by atoms with van der Waals surface area (Å²) in [6.07, 6.45) is 4.38. The molecular formula is C17H29N3O2S. The van der Waals surface area contributed by atoms with E-state index in [2.05, 4.69) is 41.5 Å². The minimum absolute atomic E-state index is 0.351. The largest absolute Gasteiger partial charge is 0.374 e. The maximum atomic E-state index is 11.6. The van der Waals surface area contributed by atoms with Gasteiger partial charge in [0.15, 0.2) is 0 Å². The molecule has 1 heterocycles. The molecule has 6 heteroatoms. The lowest BCUT2D eigenvalue weighted by Crippen LogP contribution is -2.33. The molecule has 0 aromatic heterocycles. The van der Waals surface area contributed by atoms with Gasteiger partial charge in [-0.25, -0.2) is 12.7 Å². The molecule has 1 aromatic rings. The van der Waals surface area contributed by atoms with Crippen molar-refractivity contribution in [2.24, 2.45) is 0 Å². The summed E-state index contributed by atoms with van der Waals surface area (Å²) in [5, 5.41) is 3.62. The molecule has 1 unspecified atom stereocenters. The minimum Gasteiger partial charge on any atom is -0.374 e. The van der Waals surface area contributed by atoms with Crippen LogP contribution in [0.4, 0.5) is 5.69 Å². The van der Waals surface area contributed by atoms with Crippen molar-refractivity contribution in [3.63, 3.8) is 0 Å². The zero-order valence-electron chi connectivity index (χ0n) is 14.5. The van der Waals surface area contributed by atoms with Crippen LogP contribution in [0.2, 0.25) is 0 Å². The third kappa shape index (κ3) is 4.93. The molecule has 0 aliphatic carbocycles. The van der Waals surface area contributed by atoms with Crippen LogP contribution in [0.5, 0.6) is 0 Å². The van der Waals surface area contributed by atoms with Crippen molar-refractivity contribution in [2.45, 2.75) is 32.2 Å². The van der Waals surface area contributed by atoms with Crippen molar-refractivity contribution in [3.8, 4) is 0 Å². The molecule has 0 saturated carbocycles. The summed E-state index contributed by atoms with van der Waals surface area (Å²) in [4.78, 5) is 2.32. The average molecular weight is 340 g/mol. The first-order chi connectivity index (χ1) is 10.9. The second-order valence-corrected chi connectivity index (χ2v) is 8.22. The van der Waals surface area contributed by atoms with E-state index in [-0.39, 0.29) is 0 Å². The van der Waals surface area contributed by atoms with Crippen molar-refractivity contribution in [1.82, 2.24) is 9.62 Å². The molecule has 130 valence electrons. The normalized spacial score (nSPS) is 18.8. The van der Waals surface area contributed by atoms with Crippen LogP contribution in [0.15, 0.2) is 24.3 Å². The first kappa shape index (κ1) is 18.2. The molecule has 0 spiro atoms. The lowest BCUT2D eigenvalue weighted by atomic mass is 10.0. The van der Waals surface area contributed by atoms with E-state index in [1.807, 2.05) is 6.92 Å². The van der Waals surface area contributed by atoms with E-state index in [1.54, 1.807) is 0 Å². The molecule has 2 rings (SSSR count). The lowest BCUT2D eigenvalue weighted by Gasteiger charge is -2.23. The standard InChI is InChI=1S/C17H29N3O2S/c1-4-20(23(3,21)22)14-8-12-18-16-10-7-13-19(2)17-11-6-5-9-15(16)17/h5-6,9,11,16,18H,4,7-8,10,12-14H2,1-3H3. The molecule has 0 radical (unpaired) electrons. The van der Waals surface area contributed by atoms with E-state index in [0.29, 0.717) is 19.1 Å². The first-order valence-electron chi connectivity index (χ1n) is 8.42. The van der Waals surface area contributed by atoms with E-state index < -0.39 is 10.0 Å². The summed E-state index contributed by atoms with van der Waals surface area (Å²) >= 11 is 0. The summed E-state index contributed by atoms with van der Waals surface area (Å²) < 4.78 is 24.7. The molecular weight excluding hydrogens is 310 g/mol. The Bertz CT molecular complexity index is 604. The van der Waals surface area contributed by atoms with Gasteiger partial charge in [0.05, 0.1) is 6.26 Å². The summed E-state index contributed by atoms with van der Waals surface area (Å²) in [6, 6.07) is 8.91. The van der Waals surface area contributed by atoms with Crippen molar-refractivity contribution >= 4 is 15.7 Å². The zero-order chi connectivity index (χ0) is 16.9. The van der Waals surface area contributed by atoms with Crippen LogP contribution in [0.3, 0.4) is 0 Å². The number of fused-ring (bicyclic) bond motifs is 1. The Morgan fingerprint density at radius 3 is 2.78 bits per heavy atom. The predicted molar refractivity (Wildman–Crippen MR) is 96.4 cm³/mol. The lowest BCUT2D eigenvalue weighted by molar-refractivity contribution is 0.406. The maximum absolute atomic E-state index is 11.6. The van der Waals surface area contributed by atoms with Crippen LogP contribution < -0.4 is 10.2 Å². The Morgan fingerprint density at radius 1 is 1.35 bits per heavy atom. The van der Waals surface area contributed by atoms with Crippen LogP contribution in [0, 0.1) is 0 Å². The number of nitrogens with zero attached hydrogens (tertiary/aromatic N) is 2. The minimum atomic E-state index is -3.08. The number of para-hydroxylation sites is 1. The van der Waals surface area contributed by atoms with E-state index in [4.69, 9.17) is 0 Å². The zero-order valence-corrected chi connectivity index (χ0v) is 15.3. The van der Waals surface area contributed by atoms with Gasteiger partial charge in [-0.15, -0.1) is 0 Å².